The summed E-state index contributed by atoms with van der Waals surface area (Å²) in [7, 11) is 0. The number of nitrogens with zero attached hydrogens (tertiary/aromatic N) is 3. The average molecular weight is 955 g/mol. The lowest BCUT2D eigenvalue weighted by molar-refractivity contribution is 0.607. The quantitative estimate of drug-likeness (QED) is 0.162. The molecule has 3 aliphatic rings. The summed E-state index contributed by atoms with van der Waals surface area (Å²) < 4.78 is 0. The van der Waals surface area contributed by atoms with Crippen LogP contribution in [0.3, 0.4) is 0 Å². The number of pyridine rings is 1. The van der Waals surface area contributed by atoms with Crippen LogP contribution < -0.4 is 5.73 Å². The van der Waals surface area contributed by atoms with Gasteiger partial charge in [0, 0.05) is 61.3 Å². The molecule has 0 unspecified atom stereocenters. The number of rotatable bonds is 7. The Kier molecular flexibility index (Phi) is 10.5. The third kappa shape index (κ3) is 7.06. The zero-order valence-electron chi connectivity index (χ0n) is 43.2. The Morgan fingerprint density at radius 3 is 1.97 bits per heavy atom. The molecule has 4 heteroatoms. The van der Waals surface area contributed by atoms with Crippen LogP contribution in [0.4, 0.5) is 5.69 Å². The topological polar surface area (TPSA) is 64.7 Å². The third-order valence-electron chi connectivity index (χ3n) is 16.6. The molecule has 13 rings (SSSR count). The minimum atomic E-state index is -0.150. The van der Waals surface area contributed by atoms with Crippen molar-refractivity contribution in [2.45, 2.75) is 72.1 Å². The summed E-state index contributed by atoms with van der Waals surface area (Å²) in [5, 5.41) is 2.12. The zero-order chi connectivity index (χ0) is 50.6. The van der Waals surface area contributed by atoms with Gasteiger partial charge in [0.1, 0.15) is 0 Å². The van der Waals surface area contributed by atoms with Gasteiger partial charge in [-0.1, -0.05) is 185 Å². The third-order valence-corrected chi connectivity index (χ3v) is 16.6. The lowest BCUT2D eigenvalue weighted by Gasteiger charge is -2.26. The van der Waals surface area contributed by atoms with E-state index in [4.69, 9.17) is 20.7 Å². The van der Waals surface area contributed by atoms with E-state index in [1.807, 2.05) is 25.3 Å². The number of benzene rings is 8. The Balaban J connectivity index is 1.07. The minimum Gasteiger partial charge on any atom is -0.398 e. The van der Waals surface area contributed by atoms with Crippen LogP contribution in [0, 0.1) is 13.8 Å². The molecule has 10 aromatic rings. The van der Waals surface area contributed by atoms with Crippen LogP contribution in [0.15, 0.2) is 188 Å². The molecule has 2 heterocycles. The molecular formula is C70H58N4. The van der Waals surface area contributed by atoms with Gasteiger partial charge in [-0.2, -0.15) is 0 Å². The van der Waals surface area contributed by atoms with Gasteiger partial charge in [0.2, 0.25) is 0 Å². The maximum absolute atomic E-state index is 6.87. The van der Waals surface area contributed by atoms with E-state index < -0.39 is 0 Å². The molecule has 0 fully saturated rings. The van der Waals surface area contributed by atoms with Crippen LogP contribution in [0.25, 0.3) is 112 Å². The second kappa shape index (κ2) is 17.1. The van der Waals surface area contributed by atoms with Crippen LogP contribution in [-0.4, -0.2) is 15.0 Å². The Hall–Kier alpha value is -8.47. The monoisotopic (exact) mass is 954 g/mol. The average Bonchev–Trinajstić information content (AvgIpc) is 3.80. The van der Waals surface area contributed by atoms with Crippen LogP contribution in [0.1, 0.15) is 86.4 Å². The Bertz CT molecular complexity index is 4120. The number of nitrogens with two attached hydrogens (primary N) is 1. The fourth-order valence-corrected chi connectivity index (χ4v) is 12.7. The molecule has 8 aromatic carbocycles. The van der Waals surface area contributed by atoms with Crippen molar-refractivity contribution in [3.05, 3.63) is 227 Å². The number of hydrogen-bond donors (Lipinski definition) is 1. The lowest BCUT2D eigenvalue weighted by Crippen LogP contribution is -2.17. The van der Waals surface area contributed by atoms with Crippen molar-refractivity contribution in [1.82, 2.24) is 15.0 Å². The van der Waals surface area contributed by atoms with E-state index >= 15 is 0 Å². The Morgan fingerprint density at radius 1 is 0.514 bits per heavy atom. The normalized spacial score (nSPS) is 15.0. The summed E-state index contributed by atoms with van der Waals surface area (Å²) in [6, 6.07) is 58.1. The number of anilines is 1. The summed E-state index contributed by atoms with van der Waals surface area (Å²) in [5.41, 5.74) is 35.2. The summed E-state index contributed by atoms with van der Waals surface area (Å²) in [4.78, 5) is 16.3. The minimum absolute atomic E-state index is 0.0994. The van der Waals surface area contributed by atoms with E-state index in [1.54, 1.807) is 0 Å². The highest BCUT2D eigenvalue weighted by Crippen LogP contribution is 2.53. The lowest BCUT2D eigenvalue weighted by atomic mass is 9.78. The molecule has 0 amide bonds. The number of aromatic nitrogens is 3. The molecule has 0 aliphatic heterocycles. The number of fused-ring (bicyclic) bond motifs is 7. The van der Waals surface area contributed by atoms with Crippen molar-refractivity contribution < 1.29 is 0 Å². The summed E-state index contributed by atoms with van der Waals surface area (Å²) in [5.74, 6) is 0.689. The summed E-state index contributed by atoms with van der Waals surface area (Å²) in [6.07, 6.45) is 12.8. The van der Waals surface area contributed by atoms with E-state index in [9.17, 15) is 0 Å². The first-order chi connectivity index (χ1) is 35.9. The molecule has 3 aliphatic carbocycles. The van der Waals surface area contributed by atoms with Gasteiger partial charge in [0.15, 0.2) is 5.82 Å². The number of aryl methyl sites for hydroxylation is 2. The molecular weight excluding hydrogens is 897 g/mol. The van der Waals surface area contributed by atoms with E-state index in [-0.39, 0.29) is 10.8 Å². The predicted molar refractivity (Wildman–Crippen MR) is 312 cm³/mol. The maximum atomic E-state index is 6.87. The molecule has 358 valence electrons. The van der Waals surface area contributed by atoms with Crippen molar-refractivity contribution in [3.63, 3.8) is 0 Å². The largest absolute Gasteiger partial charge is 0.398 e. The van der Waals surface area contributed by atoms with Gasteiger partial charge in [-0.05, 0) is 147 Å². The van der Waals surface area contributed by atoms with Crippen molar-refractivity contribution in [2.24, 2.45) is 0 Å². The van der Waals surface area contributed by atoms with E-state index in [0.29, 0.717) is 5.82 Å². The second-order valence-corrected chi connectivity index (χ2v) is 21.7. The standard InChI is InChI=1S/C70H58N4/c1-8-16-43-17-13-22-52(64(43)71)46-27-30-50(41(2)35-46)66-59-38-49(45-26-32-56-54-20-9-11-24-60(54)69(4,5)62(56)39-45)37-58(48-29-33-57-55-21-10-12-25-61(55)70(6,7)63(57)40-48)67(59)74-68(73-66)51-31-28-47(36-42(51)3)53-23-14-18-44-19-15-34-72-65(44)53/h8-11,13-24,26-40H,12,25,71H2,1-7H3/b16-8-. The number of nitrogen functional groups attached to an aromatic ring is 1. The van der Waals surface area contributed by atoms with Crippen molar-refractivity contribution >= 4 is 39.1 Å². The highest BCUT2D eigenvalue weighted by Gasteiger charge is 2.38. The first-order valence-electron chi connectivity index (χ1n) is 26.1. The van der Waals surface area contributed by atoms with Gasteiger partial charge < -0.3 is 5.73 Å². The first kappa shape index (κ1) is 45.4. The van der Waals surface area contributed by atoms with Gasteiger partial charge in [-0.3, -0.25) is 4.98 Å². The van der Waals surface area contributed by atoms with Crippen LogP contribution in [0.2, 0.25) is 0 Å². The Morgan fingerprint density at radius 2 is 1.16 bits per heavy atom. The molecule has 2 N–H and O–H groups in total. The fraction of sp³-hybridized carbons (Fsp3) is 0.157. The molecule has 0 atom stereocenters. The SMILES string of the molecule is C/C=C\c1cccc(-c2ccc(-c3nc(-c4ccc(-c5cccc6cccnc56)cc4C)nc4c(-c5ccc6c(c5)C(C)(C)C5=C6C=CCC5)cc(-c5ccc6c(c5)C(C)(C)c5ccccc5-6)cc34)c(C)c2)c1N. The van der Waals surface area contributed by atoms with E-state index in [1.165, 1.54) is 50.1 Å². The number of allylic oxidation sites excluding steroid dienone is 5. The molecule has 0 spiro atoms. The Labute approximate surface area is 434 Å². The molecule has 2 aromatic heterocycles. The van der Waals surface area contributed by atoms with Crippen molar-refractivity contribution in [3.8, 4) is 78.3 Å². The van der Waals surface area contributed by atoms with Gasteiger partial charge in [0.05, 0.1) is 16.7 Å². The molecule has 0 bridgehead atoms. The highest BCUT2D eigenvalue weighted by molar-refractivity contribution is 6.06. The molecule has 74 heavy (non-hydrogen) atoms. The summed E-state index contributed by atoms with van der Waals surface area (Å²) >= 11 is 0. The maximum Gasteiger partial charge on any atom is 0.160 e. The van der Waals surface area contributed by atoms with Gasteiger partial charge in [-0.25, -0.2) is 9.97 Å². The molecule has 0 saturated carbocycles. The number of hydrogen-bond acceptors (Lipinski definition) is 4. The zero-order valence-corrected chi connectivity index (χ0v) is 43.2. The first-order valence-corrected chi connectivity index (χ1v) is 26.1. The molecule has 0 radical (unpaired) electrons. The van der Waals surface area contributed by atoms with Crippen molar-refractivity contribution in [2.75, 3.05) is 5.73 Å². The highest BCUT2D eigenvalue weighted by atomic mass is 14.9. The number of para-hydroxylation sites is 2. The van der Waals surface area contributed by atoms with Gasteiger partial charge >= 0.3 is 0 Å². The van der Waals surface area contributed by atoms with Gasteiger partial charge in [0.25, 0.3) is 0 Å². The van der Waals surface area contributed by atoms with Crippen LogP contribution in [-0.2, 0) is 10.8 Å². The van der Waals surface area contributed by atoms with Crippen LogP contribution in [0.5, 0.6) is 0 Å². The summed E-state index contributed by atoms with van der Waals surface area (Å²) in [6.45, 7) is 15.9. The molecule has 0 saturated heterocycles. The van der Waals surface area contributed by atoms with Crippen molar-refractivity contribution in [1.29, 1.82) is 0 Å². The van der Waals surface area contributed by atoms with Gasteiger partial charge in [-0.15, -0.1) is 0 Å². The predicted octanol–water partition coefficient (Wildman–Crippen LogP) is 18.1. The second-order valence-electron chi connectivity index (χ2n) is 21.7. The van der Waals surface area contributed by atoms with Crippen LogP contribution >= 0.6 is 0 Å². The molecule has 4 nitrogen and oxygen atoms in total. The smallest absolute Gasteiger partial charge is 0.160 e. The van der Waals surface area contributed by atoms with E-state index in [2.05, 4.69) is 211 Å². The fourth-order valence-electron chi connectivity index (χ4n) is 12.7. The van der Waals surface area contributed by atoms with E-state index in [0.717, 1.165) is 113 Å².